The minimum atomic E-state index is -0.0276. The monoisotopic (exact) mass is 263 g/mol. The predicted molar refractivity (Wildman–Crippen MR) is 75.4 cm³/mol. The number of nitrogens with two attached hydrogens (primary N) is 1. The number of hydrogen-bond acceptors (Lipinski definition) is 3. The van der Waals surface area contributed by atoms with Crippen molar-refractivity contribution in [3.8, 4) is 5.75 Å². The van der Waals surface area contributed by atoms with Crippen LogP contribution in [0.2, 0.25) is 0 Å². The number of hydrogen-bond donors (Lipinski definition) is 2. The van der Waals surface area contributed by atoms with Crippen molar-refractivity contribution in [2.45, 2.75) is 25.8 Å². The zero-order valence-electron chi connectivity index (χ0n) is 11.7. The second-order valence-corrected chi connectivity index (χ2v) is 4.91. The van der Waals surface area contributed by atoms with E-state index < -0.39 is 0 Å². The Labute approximate surface area is 113 Å². The number of carbonyl (C=O) groups is 1. The molecule has 1 unspecified atom stereocenters. The number of benzene rings is 1. The molecule has 0 aromatic heterocycles. The highest BCUT2D eigenvalue weighted by Gasteiger charge is 2.24. The predicted octanol–water partition coefficient (Wildman–Crippen LogP) is 1.41. The van der Waals surface area contributed by atoms with Gasteiger partial charge < -0.3 is 20.7 Å². The lowest BCUT2D eigenvalue weighted by atomic mass is 9.99. The lowest BCUT2D eigenvalue weighted by Crippen LogP contribution is -2.44. The van der Waals surface area contributed by atoms with Gasteiger partial charge in [0.15, 0.2) is 0 Å². The molecule has 1 heterocycles. The standard InChI is InChI=1S/C14H21N3O2/c1-9-6-11-8-13(19-3)12(15)7-10(11)4-5-17(9)14(18)16-2/h7-9H,4-6,15H2,1-3H3,(H,16,18). The van der Waals surface area contributed by atoms with E-state index in [0.717, 1.165) is 12.8 Å². The Bertz CT molecular complexity index is 488. The number of methoxy groups -OCH3 is 1. The van der Waals surface area contributed by atoms with E-state index in [1.54, 1.807) is 14.2 Å². The van der Waals surface area contributed by atoms with Gasteiger partial charge in [-0.25, -0.2) is 4.79 Å². The van der Waals surface area contributed by atoms with Crippen LogP contribution in [0.15, 0.2) is 12.1 Å². The van der Waals surface area contributed by atoms with Crippen LogP contribution in [0.3, 0.4) is 0 Å². The number of anilines is 1. The van der Waals surface area contributed by atoms with Gasteiger partial charge in [0.2, 0.25) is 0 Å². The summed E-state index contributed by atoms with van der Waals surface area (Å²) in [6.07, 6.45) is 1.64. The summed E-state index contributed by atoms with van der Waals surface area (Å²) in [6.45, 7) is 2.77. The van der Waals surface area contributed by atoms with E-state index in [0.29, 0.717) is 18.0 Å². The average Bonchev–Trinajstić information content (AvgIpc) is 2.55. The van der Waals surface area contributed by atoms with Crippen molar-refractivity contribution in [1.82, 2.24) is 10.2 Å². The number of ether oxygens (including phenoxy) is 1. The molecule has 0 spiro atoms. The molecule has 2 amide bonds. The largest absolute Gasteiger partial charge is 0.495 e. The Kier molecular flexibility index (Phi) is 3.83. The lowest BCUT2D eigenvalue weighted by molar-refractivity contribution is 0.183. The maximum atomic E-state index is 11.8. The first-order valence-electron chi connectivity index (χ1n) is 6.50. The highest BCUT2D eigenvalue weighted by molar-refractivity contribution is 5.74. The zero-order valence-corrected chi connectivity index (χ0v) is 11.7. The van der Waals surface area contributed by atoms with Crippen LogP contribution in [0, 0.1) is 0 Å². The summed E-state index contributed by atoms with van der Waals surface area (Å²) in [5.74, 6) is 0.708. The number of carbonyl (C=O) groups excluding carboxylic acids is 1. The zero-order chi connectivity index (χ0) is 14.0. The van der Waals surface area contributed by atoms with E-state index in [9.17, 15) is 4.79 Å². The second kappa shape index (κ2) is 5.38. The molecule has 1 aromatic carbocycles. The van der Waals surface area contributed by atoms with Gasteiger partial charge in [-0.3, -0.25) is 0 Å². The molecule has 0 bridgehead atoms. The third-order valence-electron chi connectivity index (χ3n) is 3.70. The Hall–Kier alpha value is -1.91. The Morgan fingerprint density at radius 1 is 1.47 bits per heavy atom. The van der Waals surface area contributed by atoms with Crippen LogP contribution in [0.5, 0.6) is 5.75 Å². The van der Waals surface area contributed by atoms with Crippen LogP contribution in [0.25, 0.3) is 0 Å². The SMILES string of the molecule is CNC(=O)N1CCc2cc(N)c(OC)cc2CC1C. The second-order valence-electron chi connectivity index (χ2n) is 4.91. The quantitative estimate of drug-likeness (QED) is 0.753. The van der Waals surface area contributed by atoms with Crippen LogP contribution >= 0.6 is 0 Å². The van der Waals surface area contributed by atoms with E-state index in [2.05, 4.69) is 12.2 Å². The van der Waals surface area contributed by atoms with Crippen molar-refractivity contribution in [3.05, 3.63) is 23.3 Å². The van der Waals surface area contributed by atoms with Gasteiger partial charge in [0.1, 0.15) is 5.75 Å². The van der Waals surface area contributed by atoms with E-state index in [1.807, 2.05) is 17.0 Å². The van der Waals surface area contributed by atoms with Crippen LogP contribution in [-0.2, 0) is 12.8 Å². The molecule has 0 aliphatic carbocycles. The molecule has 0 fully saturated rings. The third kappa shape index (κ3) is 2.59. The molecule has 19 heavy (non-hydrogen) atoms. The fourth-order valence-corrected chi connectivity index (χ4v) is 2.62. The molecule has 0 radical (unpaired) electrons. The van der Waals surface area contributed by atoms with Gasteiger partial charge in [-0.05, 0) is 43.0 Å². The minimum Gasteiger partial charge on any atom is -0.495 e. The number of amides is 2. The third-order valence-corrected chi connectivity index (χ3v) is 3.70. The van der Waals surface area contributed by atoms with Crippen molar-refractivity contribution in [3.63, 3.8) is 0 Å². The Morgan fingerprint density at radius 2 is 2.21 bits per heavy atom. The summed E-state index contributed by atoms with van der Waals surface area (Å²) in [5.41, 5.74) is 9.02. The molecule has 104 valence electrons. The molecule has 1 aliphatic rings. The van der Waals surface area contributed by atoms with Crippen molar-refractivity contribution in [2.24, 2.45) is 0 Å². The molecule has 0 saturated carbocycles. The molecule has 1 aliphatic heterocycles. The lowest BCUT2D eigenvalue weighted by Gasteiger charge is -2.26. The van der Waals surface area contributed by atoms with Gasteiger partial charge in [-0.2, -0.15) is 0 Å². The van der Waals surface area contributed by atoms with E-state index in [1.165, 1.54) is 11.1 Å². The van der Waals surface area contributed by atoms with Crippen LogP contribution in [0.1, 0.15) is 18.1 Å². The average molecular weight is 263 g/mol. The highest BCUT2D eigenvalue weighted by atomic mass is 16.5. The van der Waals surface area contributed by atoms with Crippen molar-refractivity contribution in [1.29, 1.82) is 0 Å². The Morgan fingerprint density at radius 3 is 2.84 bits per heavy atom. The molecule has 2 rings (SSSR count). The molecular formula is C14H21N3O2. The smallest absolute Gasteiger partial charge is 0.317 e. The molecule has 0 saturated heterocycles. The van der Waals surface area contributed by atoms with Crippen LogP contribution < -0.4 is 15.8 Å². The number of nitrogen functional groups attached to an aromatic ring is 1. The summed E-state index contributed by atoms with van der Waals surface area (Å²) in [5, 5.41) is 2.69. The van der Waals surface area contributed by atoms with Crippen molar-refractivity contribution >= 4 is 11.7 Å². The van der Waals surface area contributed by atoms with Gasteiger partial charge in [-0.15, -0.1) is 0 Å². The first kappa shape index (κ1) is 13.5. The number of nitrogens with one attached hydrogen (secondary N) is 1. The maximum Gasteiger partial charge on any atom is 0.317 e. The summed E-state index contributed by atoms with van der Waals surface area (Å²) in [4.78, 5) is 13.7. The summed E-state index contributed by atoms with van der Waals surface area (Å²) >= 11 is 0. The maximum absolute atomic E-state index is 11.8. The minimum absolute atomic E-state index is 0.0276. The van der Waals surface area contributed by atoms with Gasteiger partial charge >= 0.3 is 6.03 Å². The molecule has 5 nitrogen and oxygen atoms in total. The number of rotatable bonds is 1. The summed E-state index contributed by atoms with van der Waals surface area (Å²) in [7, 11) is 3.28. The van der Waals surface area contributed by atoms with Gasteiger partial charge in [0.05, 0.1) is 12.8 Å². The van der Waals surface area contributed by atoms with Crippen molar-refractivity contribution < 1.29 is 9.53 Å². The van der Waals surface area contributed by atoms with Crippen LogP contribution in [-0.4, -0.2) is 37.7 Å². The highest BCUT2D eigenvalue weighted by Crippen LogP contribution is 2.29. The fraction of sp³-hybridized carbons (Fsp3) is 0.500. The number of fused-ring (bicyclic) bond motifs is 1. The molecule has 5 heteroatoms. The first-order valence-corrected chi connectivity index (χ1v) is 6.50. The van der Waals surface area contributed by atoms with Gasteiger partial charge in [0.25, 0.3) is 0 Å². The molecule has 1 atom stereocenters. The van der Waals surface area contributed by atoms with Crippen molar-refractivity contribution in [2.75, 3.05) is 26.4 Å². The van der Waals surface area contributed by atoms with E-state index in [4.69, 9.17) is 10.5 Å². The van der Waals surface area contributed by atoms with E-state index in [-0.39, 0.29) is 12.1 Å². The number of nitrogens with zero attached hydrogens (tertiary/aromatic N) is 1. The van der Waals surface area contributed by atoms with Gasteiger partial charge in [0, 0.05) is 19.6 Å². The summed E-state index contributed by atoms with van der Waals surface area (Å²) in [6, 6.07) is 4.10. The fourth-order valence-electron chi connectivity index (χ4n) is 2.62. The first-order chi connectivity index (χ1) is 9.06. The molecular weight excluding hydrogens is 242 g/mol. The summed E-state index contributed by atoms with van der Waals surface area (Å²) < 4.78 is 5.26. The normalized spacial score (nSPS) is 18.5. The number of urea groups is 1. The van der Waals surface area contributed by atoms with E-state index >= 15 is 0 Å². The van der Waals surface area contributed by atoms with Crippen LogP contribution in [0.4, 0.5) is 10.5 Å². The molecule has 1 aromatic rings. The topological polar surface area (TPSA) is 67.6 Å². The van der Waals surface area contributed by atoms with Gasteiger partial charge in [-0.1, -0.05) is 0 Å². The Balaban J connectivity index is 2.31. The molecule has 3 N–H and O–H groups in total.